The Hall–Kier alpha value is -1.30. The van der Waals surface area contributed by atoms with Crippen LogP contribution in [-0.4, -0.2) is 7.05 Å². The summed E-state index contributed by atoms with van der Waals surface area (Å²) in [6.45, 7) is 0.855. The van der Waals surface area contributed by atoms with Crippen LogP contribution in [0.25, 0.3) is 0 Å². The minimum atomic E-state index is -0.191. The first-order chi connectivity index (χ1) is 10.1. The monoisotopic (exact) mass is 394 g/mol. The van der Waals surface area contributed by atoms with E-state index in [2.05, 4.69) is 51.8 Å². The third-order valence-corrected chi connectivity index (χ3v) is 5.30. The number of hydrogen-bond acceptors (Lipinski definition) is 2. The van der Waals surface area contributed by atoms with Gasteiger partial charge >= 0.3 is 0 Å². The molecule has 2 aromatic carbocycles. The Bertz CT molecular complexity index is 695. The number of hydrogen-bond donors (Lipinski definition) is 0. The SMILES string of the molecule is CN1c2cc(I)c(C3CC3)cc2CN1c1ccc(F)cc1. The molecule has 2 aromatic rings. The molecule has 1 fully saturated rings. The van der Waals surface area contributed by atoms with Crippen molar-refractivity contribution in [1.29, 1.82) is 0 Å². The summed E-state index contributed by atoms with van der Waals surface area (Å²) in [5.41, 5.74) is 5.15. The van der Waals surface area contributed by atoms with Crippen LogP contribution in [0, 0.1) is 9.39 Å². The van der Waals surface area contributed by atoms with Crippen LogP contribution < -0.4 is 10.0 Å². The van der Waals surface area contributed by atoms with Crippen LogP contribution in [-0.2, 0) is 6.54 Å². The van der Waals surface area contributed by atoms with Crippen molar-refractivity contribution in [2.24, 2.45) is 0 Å². The number of nitrogens with zero attached hydrogens (tertiary/aromatic N) is 2. The summed E-state index contributed by atoms with van der Waals surface area (Å²) in [4.78, 5) is 0. The molecule has 0 N–H and O–H groups in total. The Morgan fingerprint density at radius 3 is 2.52 bits per heavy atom. The van der Waals surface area contributed by atoms with E-state index in [0.717, 1.165) is 18.2 Å². The van der Waals surface area contributed by atoms with Crippen LogP contribution >= 0.6 is 22.6 Å². The zero-order chi connectivity index (χ0) is 14.6. The van der Waals surface area contributed by atoms with Crippen molar-refractivity contribution >= 4 is 34.0 Å². The predicted molar refractivity (Wildman–Crippen MR) is 92.1 cm³/mol. The molecule has 2 nitrogen and oxygen atoms in total. The highest BCUT2D eigenvalue weighted by molar-refractivity contribution is 14.1. The average molecular weight is 394 g/mol. The molecular formula is C17H16FIN2. The molecule has 4 heteroatoms. The summed E-state index contributed by atoms with van der Waals surface area (Å²) in [6.07, 6.45) is 2.65. The van der Waals surface area contributed by atoms with E-state index in [0.29, 0.717) is 0 Å². The zero-order valence-corrected chi connectivity index (χ0v) is 14.0. The van der Waals surface area contributed by atoms with Crippen LogP contribution in [0.5, 0.6) is 0 Å². The Kier molecular flexibility index (Phi) is 3.10. The van der Waals surface area contributed by atoms with Gasteiger partial charge in [-0.25, -0.2) is 4.39 Å². The van der Waals surface area contributed by atoms with E-state index in [1.54, 1.807) is 0 Å². The molecule has 108 valence electrons. The lowest BCUT2D eigenvalue weighted by Crippen LogP contribution is -2.33. The summed E-state index contributed by atoms with van der Waals surface area (Å²) >= 11 is 2.45. The normalized spacial score (nSPS) is 17.3. The number of benzene rings is 2. The molecule has 0 radical (unpaired) electrons. The molecule has 2 aliphatic rings. The van der Waals surface area contributed by atoms with Crippen LogP contribution in [0.1, 0.15) is 29.9 Å². The highest BCUT2D eigenvalue weighted by Gasteiger charge is 2.30. The van der Waals surface area contributed by atoms with Crippen LogP contribution in [0.3, 0.4) is 0 Å². The van der Waals surface area contributed by atoms with Crippen molar-refractivity contribution in [3.63, 3.8) is 0 Å². The lowest BCUT2D eigenvalue weighted by Gasteiger charge is -2.28. The Labute approximate surface area is 137 Å². The van der Waals surface area contributed by atoms with Crippen molar-refractivity contribution < 1.29 is 4.39 Å². The predicted octanol–water partition coefficient (Wildman–Crippen LogP) is 4.68. The van der Waals surface area contributed by atoms with Gasteiger partial charge in [0.2, 0.25) is 0 Å². The number of fused-ring (bicyclic) bond motifs is 1. The van der Waals surface area contributed by atoms with Gasteiger partial charge < -0.3 is 0 Å². The van der Waals surface area contributed by atoms with Gasteiger partial charge in [0, 0.05) is 10.6 Å². The van der Waals surface area contributed by atoms with Gasteiger partial charge in [-0.15, -0.1) is 0 Å². The molecule has 1 aliphatic heterocycles. The fraction of sp³-hybridized carbons (Fsp3) is 0.294. The van der Waals surface area contributed by atoms with Gasteiger partial charge in [0.25, 0.3) is 0 Å². The molecule has 0 amide bonds. The van der Waals surface area contributed by atoms with Gasteiger partial charge in [0.15, 0.2) is 0 Å². The minimum Gasteiger partial charge on any atom is -0.288 e. The molecule has 0 bridgehead atoms. The summed E-state index contributed by atoms with van der Waals surface area (Å²) in [5, 5.41) is 4.36. The zero-order valence-electron chi connectivity index (χ0n) is 11.8. The van der Waals surface area contributed by atoms with Crippen molar-refractivity contribution in [2.45, 2.75) is 25.3 Å². The molecule has 0 aromatic heterocycles. The minimum absolute atomic E-state index is 0.191. The summed E-state index contributed by atoms with van der Waals surface area (Å²) in [5.74, 6) is 0.580. The standard InChI is InChI=1S/C17H16FIN2/c1-20-17-9-16(19)15(11-2-3-11)8-12(17)10-21(20)14-6-4-13(18)5-7-14/h4-9,11H,2-3,10H2,1H3. The third kappa shape index (κ3) is 2.29. The number of halogens is 2. The maximum Gasteiger partial charge on any atom is 0.123 e. The summed E-state index contributed by atoms with van der Waals surface area (Å²) in [6, 6.07) is 11.4. The quantitative estimate of drug-likeness (QED) is 0.683. The maximum absolute atomic E-state index is 13.1. The molecule has 0 saturated heterocycles. The topological polar surface area (TPSA) is 6.48 Å². The third-order valence-electron chi connectivity index (χ3n) is 4.37. The smallest absolute Gasteiger partial charge is 0.123 e. The molecule has 0 unspecified atom stereocenters. The Morgan fingerprint density at radius 2 is 1.86 bits per heavy atom. The first kappa shape index (κ1) is 13.4. The van der Waals surface area contributed by atoms with Crippen LogP contribution in [0.15, 0.2) is 36.4 Å². The molecule has 0 spiro atoms. The molecular weight excluding hydrogens is 378 g/mol. The molecule has 1 aliphatic carbocycles. The van der Waals surface area contributed by atoms with E-state index in [-0.39, 0.29) is 5.82 Å². The molecule has 0 atom stereocenters. The van der Waals surface area contributed by atoms with Gasteiger partial charge in [-0.1, -0.05) is 6.07 Å². The second kappa shape index (κ2) is 4.87. The fourth-order valence-corrected chi connectivity index (χ4v) is 3.93. The van der Waals surface area contributed by atoms with Crippen molar-refractivity contribution in [1.82, 2.24) is 0 Å². The van der Waals surface area contributed by atoms with E-state index in [4.69, 9.17) is 0 Å². The number of hydrazine groups is 1. The van der Waals surface area contributed by atoms with Crippen LogP contribution in [0.2, 0.25) is 0 Å². The van der Waals surface area contributed by atoms with Gasteiger partial charge in [0.05, 0.1) is 17.9 Å². The van der Waals surface area contributed by atoms with E-state index >= 15 is 0 Å². The van der Waals surface area contributed by atoms with E-state index in [1.165, 1.54) is 45.4 Å². The lowest BCUT2D eigenvalue weighted by atomic mass is 10.1. The molecule has 4 rings (SSSR count). The first-order valence-corrected chi connectivity index (χ1v) is 8.30. The van der Waals surface area contributed by atoms with Crippen LogP contribution in [0.4, 0.5) is 15.8 Å². The van der Waals surface area contributed by atoms with Gasteiger partial charge in [-0.3, -0.25) is 10.0 Å². The summed E-state index contributed by atoms with van der Waals surface area (Å²) in [7, 11) is 2.07. The Morgan fingerprint density at radius 1 is 1.14 bits per heavy atom. The van der Waals surface area contributed by atoms with Gasteiger partial charge in [-0.05, 0) is 82.8 Å². The Balaban J connectivity index is 1.70. The van der Waals surface area contributed by atoms with E-state index in [1.807, 2.05) is 12.1 Å². The van der Waals surface area contributed by atoms with Crippen molar-refractivity contribution in [2.75, 3.05) is 17.1 Å². The molecule has 21 heavy (non-hydrogen) atoms. The fourth-order valence-electron chi connectivity index (χ4n) is 3.04. The second-order valence-electron chi connectivity index (χ2n) is 5.83. The summed E-state index contributed by atoms with van der Waals surface area (Å²) < 4.78 is 14.5. The number of anilines is 2. The van der Waals surface area contributed by atoms with Gasteiger partial charge in [0.1, 0.15) is 5.82 Å². The van der Waals surface area contributed by atoms with E-state index in [9.17, 15) is 4.39 Å². The molecule has 1 saturated carbocycles. The second-order valence-corrected chi connectivity index (χ2v) is 7.00. The van der Waals surface area contributed by atoms with Gasteiger partial charge in [-0.2, -0.15) is 0 Å². The average Bonchev–Trinajstić information content (AvgIpc) is 3.26. The van der Waals surface area contributed by atoms with Crippen molar-refractivity contribution in [3.05, 3.63) is 56.9 Å². The van der Waals surface area contributed by atoms with Crippen molar-refractivity contribution in [3.8, 4) is 0 Å². The maximum atomic E-state index is 13.1. The lowest BCUT2D eigenvalue weighted by molar-refractivity contribution is 0.627. The highest BCUT2D eigenvalue weighted by Crippen LogP contribution is 2.45. The highest BCUT2D eigenvalue weighted by atomic mass is 127. The van der Waals surface area contributed by atoms with E-state index < -0.39 is 0 Å². The largest absolute Gasteiger partial charge is 0.288 e. The molecule has 1 heterocycles. The first-order valence-electron chi connectivity index (χ1n) is 7.22. The number of rotatable bonds is 2.